The normalized spacial score (nSPS) is 15.5. The fourth-order valence-corrected chi connectivity index (χ4v) is 3.10. The van der Waals surface area contributed by atoms with Gasteiger partial charge in [-0.25, -0.2) is 0 Å². The molecule has 0 bridgehead atoms. The Bertz CT molecular complexity index is 643. The molecule has 0 aliphatic carbocycles. The van der Waals surface area contributed by atoms with E-state index in [0.29, 0.717) is 24.3 Å². The molecule has 1 saturated heterocycles. The average Bonchev–Trinajstić information content (AvgIpc) is 2.77. The fourth-order valence-electron chi connectivity index (χ4n) is 2.05. The number of aromatic nitrogens is 5. The molecule has 9 heteroatoms. The zero-order valence-corrected chi connectivity index (χ0v) is 13.4. The molecule has 0 spiro atoms. The molecule has 0 saturated carbocycles. The van der Waals surface area contributed by atoms with E-state index in [0.717, 1.165) is 23.8 Å². The molecule has 0 amide bonds. The van der Waals surface area contributed by atoms with Crippen LogP contribution in [0.3, 0.4) is 0 Å². The topological polar surface area (TPSA) is 69.0 Å². The number of hydrogen-bond donors (Lipinski definition) is 0. The minimum atomic E-state index is 0.202. The Balaban J connectivity index is 1.85. The van der Waals surface area contributed by atoms with Gasteiger partial charge in [0.2, 0.25) is 11.2 Å². The maximum Gasteiger partial charge on any atom is 0.230 e. The highest BCUT2D eigenvalue weighted by atomic mass is 35.5. The average molecular weight is 327 g/mol. The second kappa shape index (κ2) is 6.17. The van der Waals surface area contributed by atoms with Gasteiger partial charge in [-0.3, -0.25) is 4.68 Å². The van der Waals surface area contributed by atoms with Crippen molar-refractivity contribution in [3.8, 4) is 0 Å². The quantitative estimate of drug-likeness (QED) is 0.847. The van der Waals surface area contributed by atoms with Crippen LogP contribution in [0.4, 0.5) is 5.95 Å². The maximum atomic E-state index is 6.02. The molecule has 3 rings (SSSR count). The Kier molecular flexibility index (Phi) is 4.27. The van der Waals surface area contributed by atoms with Gasteiger partial charge in [-0.2, -0.15) is 20.1 Å². The number of rotatable bonds is 3. The molecule has 21 heavy (non-hydrogen) atoms. The largest absolute Gasteiger partial charge is 0.378 e. The van der Waals surface area contributed by atoms with Crippen LogP contribution in [-0.2, 0) is 11.8 Å². The van der Waals surface area contributed by atoms with Gasteiger partial charge in [-0.05, 0) is 36.4 Å². The Hall–Kier alpha value is -1.38. The summed E-state index contributed by atoms with van der Waals surface area (Å²) in [4.78, 5) is 14.9. The molecule has 1 fully saturated rings. The second-order valence-corrected chi connectivity index (χ2v) is 5.96. The molecule has 3 heterocycles. The van der Waals surface area contributed by atoms with Crippen LogP contribution in [0.25, 0.3) is 0 Å². The fraction of sp³-hybridized carbons (Fsp3) is 0.500. The summed E-state index contributed by atoms with van der Waals surface area (Å²) in [5.74, 6) is 0.597. The van der Waals surface area contributed by atoms with Gasteiger partial charge in [-0.15, -0.1) is 0 Å². The molecule has 0 unspecified atom stereocenters. The smallest absolute Gasteiger partial charge is 0.230 e. The van der Waals surface area contributed by atoms with E-state index in [1.54, 1.807) is 4.68 Å². The molecule has 2 aromatic heterocycles. The second-order valence-electron chi connectivity index (χ2n) is 4.64. The highest BCUT2D eigenvalue weighted by molar-refractivity contribution is 7.99. The molecule has 1 aliphatic rings. The van der Waals surface area contributed by atoms with Crippen LogP contribution in [0.5, 0.6) is 0 Å². The molecule has 0 radical (unpaired) electrons. The van der Waals surface area contributed by atoms with E-state index < -0.39 is 0 Å². The zero-order chi connectivity index (χ0) is 14.8. The lowest BCUT2D eigenvalue weighted by atomic mass is 10.4. The molecule has 0 N–H and O–H groups in total. The van der Waals surface area contributed by atoms with E-state index in [4.69, 9.17) is 16.3 Å². The first-order chi connectivity index (χ1) is 10.1. The number of anilines is 1. The molecule has 0 aromatic carbocycles. The molecule has 0 atom stereocenters. The van der Waals surface area contributed by atoms with E-state index in [9.17, 15) is 0 Å². The van der Waals surface area contributed by atoms with E-state index in [1.165, 1.54) is 11.8 Å². The predicted molar refractivity (Wildman–Crippen MR) is 79.9 cm³/mol. The summed E-state index contributed by atoms with van der Waals surface area (Å²) in [5.41, 5.74) is 0.952. The van der Waals surface area contributed by atoms with Crippen molar-refractivity contribution >= 4 is 29.3 Å². The Morgan fingerprint density at radius 3 is 2.67 bits per heavy atom. The lowest BCUT2D eigenvalue weighted by Gasteiger charge is -2.26. The third-order valence-electron chi connectivity index (χ3n) is 3.02. The summed E-state index contributed by atoms with van der Waals surface area (Å²) in [6, 6.07) is 1.98. The number of halogens is 1. The minimum Gasteiger partial charge on any atom is -0.378 e. The summed E-state index contributed by atoms with van der Waals surface area (Å²) in [6.45, 7) is 4.81. The third-order valence-corrected chi connectivity index (χ3v) is 4.15. The van der Waals surface area contributed by atoms with Crippen molar-refractivity contribution in [2.45, 2.75) is 17.1 Å². The molecule has 1 aliphatic heterocycles. The number of aryl methyl sites for hydroxylation is 2. The molecule has 2 aromatic rings. The van der Waals surface area contributed by atoms with E-state index in [-0.39, 0.29) is 5.28 Å². The summed E-state index contributed by atoms with van der Waals surface area (Å²) in [6.07, 6.45) is 0. The van der Waals surface area contributed by atoms with E-state index in [1.807, 2.05) is 20.0 Å². The van der Waals surface area contributed by atoms with Crippen molar-refractivity contribution in [2.75, 3.05) is 31.2 Å². The van der Waals surface area contributed by atoms with Crippen LogP contribution in [0.1, 0.15) is 5.69 Å². The van der Waals surface area contributed by atoms with Crippen molar-refractivity contribution in [1.82, 2.24) is 24.7 Å². The van der Waals surface area contributed by atoms with Crippen LogP contribution in [-0.4, -0.2) is 51.0 Å². The van der Waals surface area contributed by atoms with Gasteiger partial charge in [0.05, 0.1) is 18.9 Å². The lowest BCUT2D eigenvalue weighted by molar-refractivity contribution is 0.122. The van der Waals surface area contributed by atoms with E-state index >= 15 is 0 Å². The van der Waals surface area contributed by atoms with Crippen molar-refractivity contribution in [1.29, 1.82) is 0 Å². The third kappa shape index (κ3) is 3.45. The van der Waals surface area contributed by atoms with Gasteiger partial charge in [0.25, 0.3) is 0 Å². The summed E-state index contributed by atoms with van der Waals surface area (Å²) < 4.78 is 7.13. The van der Waals surface area contributed by atoms with Gasteiger partial charge in [0.1, 0.15) is 5.03 Å². The highest BCUT2D eigenvalue weighted by Gasteiger charge is 2.17. The maximum absolute atomic E-state index is 6.02. The molecule has 7 nitrogen and oxygen atoms in total. The van der Waals surface area contributed by atoms with Crippen LogP contribution >= 0.6 is 23.4 Å². The number of morpholine rings is 1. The Morgan fingerprint density at radius 2 is 2.00 bits per heavy atom. The SMILES string of the molecule is Cc1cc(Sc2nc(Cl)nc(N3CCOCC3)n2)n(C)n1. The van der Waals surface area contributed by atoms with Crippen molar-refractivity contribution < 1.29 is 4.74 Å². The van der Waals surface area contributed by atoms with E-state index in [2.05, 4.69) is 25.0 Å². The first kappa shape index (κ1) is 14.6. The van der Waals surface area contributed by atoms with Gasteiger partial charge < -0.3 is 9.64 Å². The first-order valence-corrected chi connectivity index (χ1v) is 7.74. The standard InChI is InChI=1S/C12H15ClN6OS/c1-8-7-9(18(2)17-8)21-12-15-10(13)14-11(16-12)19-3-5-20-6-4-19/h7H,3-6H2,1-2H3. The van der Waals surface area contributed by atoms with Gasteiger partial charge in [0, 0.05) is 20.1 Å². The first-order valence-electron chi connectivity index (χ1n) is 6.54. The monoisotopic (exact) mass is 326 g/mol. The van der Waals surface area contributed by atoms with Crippen LogP contribution in [0, 0.1) is 6.92 Å². The lowest BCUT2D eigenvalue weighted by Crippen LogP contribution is -2.37. The number of ether oxygens (including phenoxy) is 1. The zero-order valence-electron chi connectivity index (χ0n) is 11.8. The Labute approximate surface area is 131 Å². The van der Waals surface area contributed by atoms with Crippen LogP contribution in [0.2, 0.25) is 5.28 Å². The number of nitrogens with zero attached hydrogens (tertiary/aromatic N) is 6. The van der Waals surface area contributed by atoms with Crippen LogP contribution < -0.4 is 4.90 Å². The Morgan fingerprint density at radius 1 is 1.24 bits per heavy atom. The van der Waals surface area contributed by atoms with Crippen molar-refractivity contribution in [3.05, 3.63) is 17.0 Å². The van der Waals surface area contributed by atoms with Gasteiger partial charge in [-0.1, -0.05) is 0 Å². The molecule has 112 valence electrons. The molecular weight excluding hydrogens is 312 g/mol. The summed E-state index contributed by atoms with van der Waals surface area (Å²) >= 11 is 7.45. The highest BCUT2D eigenvalue weighted by Crippen LogP contribution is 2.27. The van der Waals surface area contributed by atoms with Gasteiger partial charge >= 0.3 is 0 Å². The van der Waals surface area contributed by atoms with Crippen LogP contribution in [0.15, 0.2) is 16.2 Å². The van der Waals surface area contributed by atoms with Crippen molar-refractivity contribution in [3.63, 3.8) is 0 Å². The summed E-state index contributed by atoms with van der Waals surface area (Å²) in [5, 5.41) is 6.04. The molecular formula is C12H15ClN6OS. The minimum absolute atomic E-state index is 0.202. The number of hydrogen-bond acceptors (Lipinski definition) is 7. The van der Waals surface area contributed by atoms with Gasteiger partial charge in [0.15, 0.2) is 5.16 Å². The summed E-state index contributed by atoms with van der Waals surface area (Å²) in [7, 11) is 1.89. The van der Waals surface area contributed by atoms with Crippen molar-refractivity contribution in [2.24, 2.45) is 7.05 Å². The predicted octanol–water partition coefficient (Wildman–Crippen LogP) is 1.55.